The summed E-state index contributed by atoms with van der Waals surface area (Å²) in [5.74, 6) is -0.895. The molecule has 2 amide bonds. The molecule has 6 nitrogen and oxygen atoms in total. The Morgan fingerprint density at radius 3 is 2.26 bits per heavy atom. The van der Waals surface area contributed by atoms with Gasteiger partial charge in [0.2, 0.25) is 15.2 Å². The third-order valence-corrected chi connectivity index (χ3v) is 8.42. The maximum absolute atomic E-state index is 13.1. The van der Waals surface area contributed by atoms with E-state index in [0.717, 1.165) is 25.7 Å². The van der Waals surface area contributed by atoms with Crippen LogP contribution in [0.1, 0.15) is 37.7 Å². The second-order valence-electron chi connectivity index (χ2n) is 8.08. The third-order valence-electron chi connectivity index (χ3n) is 5.95. The summed E-state index contributed by atoms with van der Waals surface area (Å²) in [5, 5.41) is -0.240. The van der Waals surface area contributed by atoms with Crippen LogP contribution in [0.5, 0.6) is 0 Å². The number of unbranched alkanes of at least 4 members (excludes halogenated alkanes) is 3. The van der Waals surface area contributed by atoms with E-state index >= 15 is 0 Å². The second-order valence-corrected chi connectivity index (χ2v) is 10.6. The molecule has 31 heavy (non-hydrogen) atoms. The van der Waals surface area contributed by atoms with Crippen molar-refractivity contribution in [2.45, 2.75) is 48.8 Å². The molecular weight excluding hydrogens is 436 g/mol. The quantitative estimate of drug-likeness (QED) is 0.313. The summed E-state index contributed by atoms with van der Waals surface area (Å²) in [6.07, 6.45) is 4.28. The summed E-state index contributed by atoms with van der Waals surface area (Å²) < 4.78 is 25.9. The molecule has 0 bridgehead atoms. The number of likely N-dealkylation sites (tertiary alicyclic amines) is 1. The zero-order valence-corrected chi connectivity index (χ0v) is 18.9. The number of aryl methyl sites for hydroxylation is 1. The number of benzene rings is 2. The Labute approximate surface area is 188 Å². The number of primary amides is 1. The van der Waals surface area contributed by atoms with Gasteiger partial charge in [-0.15, -0.1) is 0 Å². The molecule has 0 radical (unpaired) electrons. The first-order chi connectivity index (χ1) is 14.8. The summed E-state index contributed by atoms with van der Waals surface area (Å²) in [5.41, 5.74) is 6.63. The van der Waals surface area contributed by atoms with E-state index in [4.69, 9.17) is 17.3 Å². The number of carbonyl (C=O) groups excluding carboxylic acids is 2. The molecule has 1 heterocycles. The number of halogens is 1. The van der Waals surface area contributed by atoms with E-state index < -0.39 is 21.1 Å². The van der Waals surface area contributed by atoms with Crippen LogP contribution < -0.4 is 5.73 Å². The molecule has 1 aliphatic rings. The number of hydrogen-bond donors (Lipinski definition) is 1. The largest absolute Gasteiger partial charge is 0.365 e. The van der Waals surface area contributed by atoms with Crippen molar-refractivity contribution < 1.29 is 22.5 Å². The first-order valence-electron chi connectivity index (χ1n) is 10.5. The zero-order valence-electron chi connectivity index (χ0n) is 17.4. The lowest BCUT2D eigenvalue weighted by Gasteiger charge is -2.47. The Balaban J connectivity index is 1.61. The number of rotatable bonds is 11. The van der Waals surface area contributed by atoms with E-state index in [1.54, 1.807) is 18.2 Å². The van der Waals surface area contributed by atoms with E-state index in [0.29, 0.717) is 18.0 Å². The van der Waals surface area contributed by atoms with E-state index in [2.05, 4.69) is 0 Å². The molecule has 0 aliphatic carbocycles. The molecule has 0 saturated carbocycles. The monoisotopic (exact) mass is 463 g/mol. The molecule has 2 aromatic carbocycles. The molecule has 0 aromatic heterocycles. The lowest BCUT2D eigenvalue weighted by atomic mass is 10.0. The average Bonchev–Trinajstić information content (AvgIpc) is 2.75. The number of nitrogens with zero attached hydrogens (tertiary/aromatic N) is 1. The van der Waals surface area contributed by atoms with E-state index in [-0.39, 0.29) is 28.3 Å². The number of quaternary nitrogens is 1. The van der Waals surface area contributed by atoms with Crippen LogP contribution in [0.3, 0.4) is 0 Å². The van der Waals surface area contributed by atoms with Gasteiger partial charge in [0.05, 0.1) is 11.4 Å². The van der Waals surface area contributed by atoms with Gasteiger partial charge in [-0.05, 0) is 55.5 Å². The number of amides is 2. The summed E-state index contributed by atoms with van der Waals surface area (Å²) in [6.45, 7) is 0.0276. The summed E-state index contributed by atoms with van der Waals surface area (Å²) in [6, 6.07) is 15.8. The van der Waals surface area contributed by atoms with Crippen LogP contribution in [-0.4, -0.2) is 43.2 Å². The Morgan fingerprint density at radius 1 is 1.00 bits per heavy atom. The molecule has 1 aliphatic heterocycles. The molecule has 1 fully saturated rings. The van der Waals surface area contributed by atoms with Crippen LogP contribution in [0.15, 0.2) is 59.5 Å². The van der Waals surface area contributed by atoms with Gasteiger partial charge in [-0.25, -0.2) is 17.7 Å². The van der Waals surface area contributed by atoms with Crippen LogP contribution in [0.2, 0.25) is 5.02 Å². The fourth-order valence-electron chi connectivity index (χ4n) is 4.24. The van der Waals surface area contributed by atoms with Gasteiger partial charge in [-0.2, -0.15) is 0 Å². The van der Waals surface area contributed by atoms with Gasteiger partial charge >= 0.3 is 5.91 Å². The Bertz CT molecular complexity index is 1030. The van der Waals surface area contributed by atoms with Gasteiger partial charge in [-0.1, -0.05) is 48.4 Å². The first-order valence-corrected chi connectivity index (χ1v) is 12.4. The molecule has 3 rings (SSSR count). The van der Waals surface area contributed by atoms with Crippen LogP contribution in [0.4, 0.5) is 0 Å². The van der Waals surface area contributed by atoms with Gasteiger partial charge in [0.25, 0.3) is 5.91 Å². The number of β-lactam (4-membered cyclic amide) rings is 1. The molecule has 1 saturated heterocycles. The fraction of sp³-hybridized carbons (Fsp3) is 0.391. The first kappa shape index (κ1) is 23.4. The van der Waals surface area contributed by atoms with Crippen molar-refractivity contribution in [3.63, 3.8) is 0 Å². The highest BCUT2D eigenvalue weighted by Crippen LogP contribution is 2.37. The Morgan fingerprint density at radius 2 is 1.65 bits per heavy atom. The predicted molar refractivity (Wildman–Crippen MR) is 120 cm³/mol. The maximum atomic E-state index is 13.1. The molecule has 2 N–H and O–H groups in total. The molecule has 2 aromatic rings. The van der Waals surface area contributed by atoms with E-state index in [1.165, 1.54) is 17.7 Å². The highest BCUT2D eigenvalue weighted by molar-refractivity contribution is 7.92. The third kappa shape index (κ3) is 5.34. The normalized spacial score (nSPS) is 20.9. The van der Waals surface area contributed by atoms with Crippen LogP contribution >= 0.6 is 11.6 Å². The summed E-state index contributed by atoms with van der Waals surface area (Å²) in [4.78, 5) is 24.5. The van der Waals surface area contributed by atoms with Crippen molar-refractivity contribution in [1.82, 2.24) is 0 Å². The van der Waals surface area contributed by atoms with Gasteiger partial charge in [-0.3, -0.25) is 4.79 Å². The highest BCUT2D eigenvalue weighted by atomic mass is 35.5. The lowest BCUT2D eigenvalue weighted by Crippen LogP contribution is -2.73. The summed E-state index contributed by atoms with van der Waals surface area (Å²) in [7, 11) is -3.74. The number of hydrogen-bond acceptors (Lipinski definition) is 4. The minimum atomic E-state index is -3.74. The van der Waals surface area contributed by atoms with Crippen LogP contribution in [0.25, 0.3) is 0 Å². The standard InChI is InChI=1S/C23H27ClN2O4S/c24-19-13-11-18(12-14-19)8-4-1-2-7-15-26(17-21(25)27)22(28)16-23(26)31(29,30)20-9-5-3-6-10-20/h3,5-6,9-14,23H,1-2,4,7-8,15-17H2,(H-,25,27)/p+1. The van der Waals surface area contributed by atoms with Gasteiger partial charge in [0.1, 0.15) is 6.42 Å². The topological polar surface area (TPSA) is 94.3 Å². The zero-order chi connectivity index (χ0) is 22.5. The average molecular weight is 464 g/mol. The smallest absolute Gasteiger partial charge is 0.322 e. The molecule has 0 spiro atoms. The van der Waals surface area contributed by atoms with Crippen molar-refractivity contribution in [3.05, 3.63) is 65.2 Å². The highest BCUT2D eigenvalue weighted by Gasteiger charge is 2.62. The van der Waals surface area contributed by atoms with Crippen LogP contribution in [0, 0.1) is 0 Å². The molecule has 2 atom stereocenters. The Kier molecular flexibility index (Phi) is 7.51. The molecule has 8 heteroatoms. The van der Waals surface area contributed by atoms with Crippen molar-refractivity contribution in [2.24, 2.45) is 5.73 Å². The van der Waals surface area contributed by atoms with Crippen LogP contribution in [-0.2, 0) is 25.8 Å². The molecule has 2 unspecified atom stereocenters. The van der Waals surface area contributed by atoms with Gasteiger partial charge in [0, 0.05) is 5.02 Å². The maximum Gasteiger partial charge on any atom is 0.322 e. The van der Waals surface area contributed by atoms with Gasteiger partial charge in [0.15, 0.2) is 6.54 Å². The SMILES string of the molecule is NC(=O)C[N+]1(CCCCCCc2ccc(Cl)cc2)C(=O)CC1S(=O)(=O)c1ccccc1. The van der Waals surface area contributed by atoms with Crippen molar-refractivity contribution in [1.29, 1.82) is 0 Å². The second kappa shape index (κ2) is 9.94. The molecule has 166 valence electrons. The van der Waals surface area contributed by atoms with Crippen molar-refractivity contribution in [3.8, 4) is 0 Å². The summed E-state index contributed by atoms with van der Waals surface area (Å²) >= 11 is 5.90. The number of sulfone groups is 1. The lowest BCUT2D eigenvalue weighted by molar-refractivity contribution is -0.884. The minimum absolute atomic E-state index is 0.0823. The number of carbonyl (C=O) groups is 2. The van der Waals surface area contributed by atoms with E-state index in [1.807, 2.05) is 24.3 Å². The van der Waals surface area contributed by atoms with E-state index in [9.17, 15) is 18.0 Å². The molecular formula is C23H28ClN2O4S+. The predicted octanol–water partition coefficient (Wildman–Crippen LogP) is 3.48. The Hall–Kier alpha value is -2.22. The fourth-order valence-corrected chi connectivity index (χ4v) is 6.41. The van der Waals surface area contributed by atoms with Crippen molar-refractivity contribution in [2.75, 3.05) is 13.1 Å². The minimum Gasteiger partial charge on any atom is -0.365 e. The van der Waals surface area contributed by atoms with Crippen molar-refractivity contribution >= 4 is 33.3 Å². The van der Waals surface area contributed by atoms with Gasteiger partial charge < -0.3 is 5.73 Å². The number of nitrogens with two attached hydrogens (primary N) is 1.